The highest BCUT2D eigenvalue weighted by molar-refractivity contribution is 7.07. The van der Waals surface area contributed by atoms with Crippen LogP contribution in [0.1, 0.15) is 37.8 Å². The molecule has 0 spiro atoms. The molecule has 0 bridgehead atoms. The Balaban J connectivity index is 1.77. The van der Waals surface area contributed by atoms with E-state index in [0.29, 0.717) is 11.1 Å². The second-order valence-corrected chi connectivity index (χ2v) is 7.92. The Hall–Kier alpha value is -2.24. The van der Waals surface area contributed by atoms with Gasteiger partial charge >= 0.3 is 0 Å². The van der Waals surface area contributed by atoms with E-state index in [2.05, 4.69) is 10.4 Å². The summed E-state index contributed by atoms with van der Waals surface area (Å²) in [5, 5.41) is 7.52. The fraction of sp³-hybridized carbons (Fsp3) is 0.286. The molecule has 0 N–H and O–H groups in total. The van der Waals surface area contributed by atoms with Crippen LogP contribution in [0.3, 0.4) is 0 Å². The molecule has 6 heteroatoms. The van der Waals surface area contributed by atoms with Crippen molar-refractivity contribution in [2.45, 2.75) is 38.1 Å². The molecule has 1 fully saturated rings. The number of nitrogens with zero attached hydrogens (tertiary/aromatic N) is 4. The summed E-state index contributed by atoms with van der Waals surface area (Å²) in [6, 6.07) is 14.0. The van der Waals surface area contributed by atoms with Gasteiger partial charge in [-0.05, 0) is 37.1 Å². The van der Waals surface area contributed by atoms with Crippen molar-refractivity contribution < 1.29 is 0 Å². The average Bonchev–Trinajstić information content (AvgIpc) is 3.10. The molecule has 1 aliphatic rings. The Kier molecular flexibility index (Phi) is 5.80. The van der Waals surface area contributed by atoms with Gasteiger partial charge in [-0.25, -0.2) is 4.68 Å². The van der Waals surface area contributed by atoms with Crippen LogP contribution in [0.4, 0.5) is 0 Å². The van der Waals surface area contributed by atoms with Crippen LogP contribution in [0.5, 0.6) is 0 Å². The smallest absolute Gasteiger partial charge is 0.206 e. The predicted molar refractivity (Wildman–Crippen MR) is 112 cm³/mol. The molecule has 0 radical (unpaired) electrons. The summed E-state index contributed by atoms with van der Waals surface area (Å²) in [6.07, 6.45) is 9.71. The zero-order chi connectivity index (χ0) is 18.5. The van der Waals surface area contributed by atoms with Crippen molar-refractivity contribution >= 4 is 29.2 Å². The van der Waals surface area contributed by atoms with Crippen molar-refractivity contribution in [1.29, 1.82) is 0 Å². The molecular weight excluding hydrogens is 376 g/mol. The molecule has 2 heterocycles. The Labute approximate surface area is 167 Å². The quantitative estimate of drug-likeness (QED) is 0.546. The van der Waals surface area contributed by atoms with Crippen LogP contribution in [0, 0.1) is 0 Å². The lowest BCUT2D eigenvalue weighted by molar-refractivity contribution is 0.435. The first-order valence-electron chi connectivity index (χ1n) is 9.25. The molecule has 2 aromatic heterocycles. The van der Waals surface area contributed by atoms with Gasteiger partial charge in [0, 0.05) is 22.2 Å². The molecule has 3 aromatic rings. The molecule has 0 amide bonds. The molecule has 0 unspecified atom stereocenters. The Bertz CT molecular complexity index is 985. The van der Waals surface area contributed by atoms with E-state index in [1.807, 2.05) is 47.1 Å². The fourth-order valence-corrected chi connectivity index (χ4v) is 4.38. The maximum absolute atomic E-state index is 6.20. The summed E-state index contributed by atoms with van der Waals surface area (Å²) in [4.78, 5) is 10.3. The van der Waals surface area contributed by atoms with Crippen LogP contribution in [0.25, 0.3) is 11.3 Å². The van der Waals surface area contributed by atoms with E-state index >= 15 is 0 Å². The van der Waals surface area contributed by atoms with Crippen molar-refractivity contribution in [3.63, 3.8) is 0 Å². The lowest BCUT2D eigenvalue weighted by Crippen LogP contribution is -2.19. The average molecular weight is 397 g/mol. The van der Waals surface area contributed by atoms with Gasteiger partial charge in [-0.3, -0.25) is 9.98 Å². The third kappa shape index (κ3) is 4.54. The standard InChI is InChI=1S/C21H21ClN4S/c22-17-8-6-7-16(13-17)20-15-27-21(25-18-9-2-1-3-10-18)26(20)24-14-19-11-4-5-12-23-19/h4-8,11-15,18H,1-3,9-10H2. The highest BCUT2D eigenvalue weighted by Crippen LogP contribution is 2.24. The molecule has 138 valence electrons. The van der Waals surface area contributed by atoms with Crippen LogP contribution in [0.15, 0.2) is 64.1 Å². The van der Waals surface area contributed by atoms with Crippen LogP contribution in [0.2, 0.25) is 5.02 Å². The zero-order valence-electron chi connectivity index (χ0n) is 15.0. The van der Waals surface area contributed by atoms with Gasteiger partial charge in [-0.2, -0.15) is 5.10 Å². The zero-order valence-corrected chi connectivity index (χ0v) is 16.5. The number of hydrogen-bond donors (Lipinski definition) is 0. The number of pyridine rings is 1. The SMILES string of the molecule is Clc1cccc(-c2csc(=NC3CCCCC3)n2N=Cc2ccccn2)c1. The first-order valence-corrected chi connectivity index (χ1v) is 10.5. The van der Waals surface area contributed by atoms with Gasteiger partial charge in [-0.1, -0.05) is 49.1 Å². The van der Waals surface area contributed by atoms with Crippen molar-refractivity contribution in [2.75, 3.05) is 0 Å². The normalized spacial score (nSPS) is 16.3. The van der Waals surface area contributed by atoms with Crippen molar-refractivity contribution in [3.8, 4) is 11.3 Å². The monoisotopic (exact) mass is 396 g/mol. The van der Waals surface area contributed by atoms with E-state index in [-0.39, 0.29) is 0 Å². The van der Waals surface area contributed by atoms with Gasteiger partial charge in [0.05, 0.1) is 23.6 Å². The summed E-state index contributed by atoms with van der Waals surface area (Å²) in [7, 11) is 0. The Morgan fingerprint density at radius 1 is 1.11 bits per heavy atom. The number of thiazole rings is 1. The maximum Gasteiger partial charge on any atom is 0.206 e. The van der Waals surface area contributed by atoms with Crippen LogP contribution < -0.4 is 4.80 Å². The van der Waals surface area contributed by atoms with Crippen molar-refractivity contribution in [2.24, 2.45) is 10.1 Å². The van der Waals surface area contributed by atoms with Crippen LogP contribution >= 0.6 is 22.9 Å². The van der Waals surface area contributed by atoms with Crippen LogP contribution in [-0.2, 0) is 0 Å². The van der Waals surface area contributed by atoms with E-state index in [1.54, 1.807) is 23.7 Å². The van der Waals surface area contributed by atoms with E-state index in [1.165, 1.54) is 19.3 Å². The van der Waals surface area contributed by atoms with Crippen molar-refractivity contribution in [1.82, 2.24) is 9.66 Å². The van der Waals surface area contributed by atoms with Gasteiger partial charge < -0.3 is 0 Å². The van der Waals surface area contributed by atoms with Crippen molar-refractivity contribution in [3.05, 3.63) is 69.6 Å². The minimum absolute atomic E-state index is 0.390. The first-order chi connectivity index (χ1) is 13.3. The highest BCUT2D eigenvalue weighted by atomic mass is 35.5. The largest absolute Gasteiger partial charge is 0.255 e. The lowest BCUT2D eigenvalue weighted by Gasteiger charge is -2.16. The summed E-state index contributed by atoms with van der Waals surface area (Å²) in [5.74, 6) is 0. The van der Waals surface area contributed by atoms with Crippen LogP contribution in [-0.4, -0.2) is 21.9 Å². The summed E-state index contributed by atoms with van der Waals surface area (Å²) in [5.41, 5.74) is 2.84. The summed E-state index contributed by atoms with van der Waals surface area (Å²) >= 11 is 7.83. The maximum atomic E-state index is 6.20. The predicted octanol–water partition coefficient (Wildman–Crippen LogP) is 5.38. The molecule has 0 atom stereocenters. The molecular formula is C21H21ClN4S. The number of rotatable bonds is 4. The number of benzene rings is 1. The summed E-state index contributed by atoms with van der Waals surface area (Å²) in [6.45, 7) is 0. The number of aromatic nitrogens is 2. The van der Waals surface area contributed by atoms with E-state index in [9.17, 15) is 0 Å². The first kappa shape index (κ1) is 18.1. The van der Waals surface area contributed by atoms with Gasteiger partial charge in [0.1, 0.15) is 0 Å². The Morgan fingerprint density at radius 2 is 2.00 bits per heavy atom. The molecule has 1 aliphatic carbocycles. The number of halogens is 1. The topological polar surface area (TPSA) is 42.5 Å². The second kappa shape index (κ2) is 8.63. The molecule has 0 aliphatic heterocycles. The molecule has 0 saturated heterocycles. The third-order valence-electron chi connectivity index (χ3n) is 4.67. The fourth-order valence-electron chi connectivity index (χ4n) is 3.28. The molecule has 4 rings (SSSR count). The van der Waals surface area contributed by atoms with Gasteiger partial charge in [0.15, 0.2) is 0 Å². The lowest BCUT2D eigenvalue weighted by atomic mass is 9.96. The highest BCUT2D eigenvalue weighted by Gasteiger charge is 2.14. The Morgan fingerprint density at radius 3 is 2.78 bits per heavy atom. The van der Waals surface area contributed by atoms with E-state index in [4.69, 9.17) is 21.7 Å². The van der Waals surface area contributed by atoms with E-state index < -0.39 is 0 Å². The second-order valence-electron chi connectivity index (χ2n) is 6.65. The minimum Gasteiger partial charge on any atom is -0.255 e. The van der Waals surface area contributed by atoms with Gasteiger partial charge in [0.2, 0.25) is 4.80 Å². The molecule has 1 aromatic carbocycles. The van der Waals surface area contributed by atoms with Gasteiger partial charge in [-0.15, -0.1) is 11.3 Å². The van der Waals surface area contributed by atoms with Gasteiger partial charge in [0.25, 0.3) is 0 Å². The minimum atomic E-state index is 0.390. The summed E-state index contributed by atoms with van der Waals surface area (Å²) < 4.78 is 1.92. The molecule has 4 nitrogen and oxygen atoms in total. The number of hydrogen-bond acceptors (Lipinski definition) is 4. The van der Waals surface area contributed by atoms with E-state index in [0.717, 1.165) is 34.6 Å². The molecule has 27 heavy (non-hydrogen) atoms. The molecule has 1 saturated carbocycles. The third-order valence-corrected chi connectivity index (χ3v) is 5.73.